The van der Waals surface area contributed by atoms with Gasteiger partial charge in [-0.15, -0.1) is 0 Å². The van der Waals surface area contributed by atoms with Crippen LogP contribution in [0.15, 0.2) is 35.3 Å². The van der Waals surface area contributed by atoms with Gasteiger partial charge in [0, 0.05) is 0 Å². The van der Waals surface area contributed by atoms with Crippen molar-refractivity contribution < 1.29 is 0 Å². The Morgan fingerprint density at radius 1 is 1.29 bits per heavy atom. The van der Waals surface area contributed by atoms with Crippen molar-refractivity contribution in [1.82, 2.24) is 4.90 Å². The molecule has 1 aromatic rings. The van der Waals surface area contributed by atoms with Crippen LogP contribution < -0.4 is 0 Å². The predicted molar refractivity (Wildman–Crippen MR) is 61.9 cm³/mol. The number of hydrogen-bond donors (Lipinski definition) is 0. The molecule has 2 heteroatoms. The second kappa shape index (κ2) is 5.55. The summed E-state index contributed by atoms with van der Waals surface area (Å²) in [6.07, 6.45) is 1.03. The lowest BCUT2D eigenvalue weighted by atomic mass is 10.0. The SMILES string of the molecule is C=NC(CCN(C)C)c1ccccc1. The molecule has 1 atom stereocenters. The highest BCUT2D eigenvalue weighted by molar-refractivity contribution is 5.28. The molecule has 14 heavy (non-hydrogen) atoms. The second-order valence-corrected chi connectivity index (χ2v) is 3.70. The molecule has 76 valence electrons. The molecule has 1 rings (SSSR count). The Morgan fingerprint density at radius 2 is 1.93 bits per heavy atom. The third-order valence-electron chi connectivity index (χ3n) is 2.25. The number of nitrogens with zero attached hydrogens (tertiary/aromatic N) is 2. The summed E-state index contributed by atoms with van der Waals surface area (Å²) in [4.78, 5) is 6.32. The van der Waals surface area contributed by atoms with E-state index in [2.05, 4.69) is 42.8 Å². The monoisotopic (exact) mass is 190 g/mol. The Balaban J connectivity index is 2.59. The van der Waals surface area contributed by atoms with Gasteiger partial charge in [-0.1, -0.05) is 30.3 Å². The summed E-state index contributed by atoms with van der Waals surface area (Å²) in [5.74, 6) is 0. The molecule has 1 aromatic carbocycles. The number of rotatable bonds is 5. The first-order valence-electron chi connectivity index (χ1n) is 4.89. The van der Waals surface area contributed by atoms with Gasteiger partial charge in [0.05, 0.1) is 6.04 Å². The van der Waals surface area contributed by atoms with E-state index in [1.54, 1.807) is 0 Å². The molecule has 0 amide bonds. The molecular weight excluding hydrogens is 172 g/mol. The van der Waals surface area contributed by atoms with Crippen molar-refractivity contribution in [2.45, 2.75) is 12.5 Å². The van der Waals surface area contributed by atoms with Crippen molar-refractivity contribution in [2.75, 3.05) is 20.6 Å². The first kappa shape index (κ1) is 10.9. The molecule has 0 heterocycles. The smallest absolute Gasteiger partial charge is 0.0754 e. The zero-order valence-corrected chi connectivity index (χ0v) is 8.98. The van der Waals surface area contributed by atoms with Crippen molar-refractivity contribution >= 4 is 6.72 Å². The summed E-state index contributed by atoms with van der Waals surface area (Å²) in [5, 5.41) is 0. The average Bonchev–Trinajstić information content (AvgIpc) is 2.20. The van der Waals surface area contributed by atoms with E-state index >= 15 is 0 Å². The molecule has 1 unspecified atom stereocenters. The molecule has 0 N–H and O–H groups in total. The third kappa shape index (κ3) is 3.30. The van der Waals surface area contributed by atoms with Crippen LogP contribution in [0.3, 0.4) is 0 Å². The van der Waals surface area contributed by atoms with Crippen LogP contribution in [-0.4, -0.2) is 32.3 Å². The molecule has 0 aliphatic heterocycles. The van der Waals surface area contributed by atoms with Gasteiger partial charge in [-0.3, -0.25) is 4.99 Å². The summed E-state index contributed by atoms with van der Waals surface area (Å²) >= 11 is 0. The fourth-order valence-electron chi connectivity index (χ4n) is 1.42. The van der Waals surface area contributed by atoms with Crippen LogP contribution in [0, 0.1) is 0 Å². The van der Waals surface area contributed by atoms with Gasteiger partial charge in [0.15, 0.2) is 0 Å². The van der Waals surface area contributed by atoms with Crippen LogP contribution in [0.1, 0.15) is 18.0 Å². The van der Waals surface area contributed by atoms with E-state index < -0.39 is 0 Å². The maximum Gasteiger partial charge on any atom is 0.0754 e. The first-order valence-corrected chi connectivity index (χ1v) is 4.89. The van der Waals surface area contributed by atoms with E-state index in [-0.39, 0.29) is 6.04 Å². The standard InChI is InChI=1S/C12H18N2/c1-13-12(9-10-14(2)3)11-7-5-4-6-8-11/h4-8,12H,1,9-10H2,2-3H3. The molecule has 2 nitrogen and oxygen atoms in total. The second-order valence-electron chi connectivity index (χ2n) is 3.70. The molecule has 0 spiro atoms. The van der Waals surface area contributed by atoms with Crippen LogP contribution >= 0.6 is 0 Å². The van der Waals surface area contributed by atoms with Gasteiger partial charge in [-0.2, -0.15) is 0 Å². The Labute approximate surface area is 86.3 Å². The van der Waals surface area contributed by atoms with Crippen LogP contribution in [0.2, 0.25) is 0 Å². The summed E-state index contributed by atoms with van der Waals surface area (Å²) in [6.45, 7) is 4.69. The maximum atomic E-state index is 4.15. The maximum absolute atomic E-state index is 4.15. The van der Waals surface area contributed by atoms with Gasteiger partial charge in [-0.25, -0.2) is 0 Å². The van der Waals surface area contributed by atoms with Crippen molar-refractivity contribution in [1.29, 1.82) is 0 Å². The van der Waals surface area contributed by atoms with Gasteiger partial charge < -0.3 is 4.90 Å². The molecule has 0 aliphatic rings. The van der Waals surface area contributed by atoms with Gasteiger partial charge in [-0.05, 0) is 39.3 Å². The fraction of sp³-hybridized carbons (Fsp3) is 0.417. The molecule has 0 fully saturated rings. The molecule has 0 saturated heterocycles. The molecular formula is C12H18N2. The van der Waals surface area contributed by atoms with Gasteiger partial charge in [0.25, 0.3) is 0 Å². The largest absolute Gasteiger partial charge is 0.309 e. The normalized spacial score (nSPS) is 12.8. The zero-order valence-electron chi connectivity index (χ0n) is 8.98. The van der Waals surface area contributed by atoms with Crippen molar-refractivity contribution in [3.8, 4) is 0 Å². The van der Waals surface area contributed by atoms with Gasteiger partial charge >= 0.3 is 0 Å². The van der Waals surface area contributed by atoms with Crippen molar-refractivity contribution in [2.24, 2.45) is 4.99 Å². The Kier molecular flexibility index (Phi) is 4.33. The summed E-state index contributed by atoms with van der Waals surface area (Å²) in [6, 6.07) is 10.6. The summed E-state index contributed by atoms with van der Waals surface area (Å²) < 4.78 is 0. The third-order valence-corrected chi connectivity index (χ3v) is 2.25. The minimum atomic E-state index is 0.235. The Morgan fingerprint density at radius 3 is 2.43 bits per heavy atom. The molecule has 0 bridgehead atoms. The van der Waals surface area contributed by atoms with E-state index in [1.165, 1.54) is 5.56 Å². The Bertz CT molecular complexity index is 267. The molecule has 0 radical (unpaired) electrons. The van der Waals surface area contributed by atoms with Crippen molar-refractivity contribution in [3.05, 3.63) is 35.9 Å². The van der Waals surface area contributed by atoms with Crippen LogP contribution in [0.25, 0.3) is 0 Å². The van der Waals surface area contributed by atoms with Crippen LogP contribution in [0.4, 0.5) is 0 Å². The molecule has 0 aliphatic carbocycles. The highest BCUT2D eigenvalue weighted by Crippen LogP contribution is 2.19. The molecule has 0 aromatic heterocycles. The van der Waals surface area contributed by atoms with E-state index in [4.69, 9.17) is 0 Å². The highest BCUT2D eigenvalue weighted by atomic mass is 15.0. The topological polar surface area (TPSA) is 15.6 Å². The predicted octanol–water partition coefficient (Wildman–Crippen LogP) is 2.38. The summed E-state index contributed by atoms with van der Waals surface area (Å²) in [5.41, 5.74) is 1.25. The number of aliphatic imine (C=N–C) groups is 1. The zero-order chi connectivity index (χ0) is 10.4. The lowest BCUT2D eigenvalue weighted by Gasteiger charge is -2.15. The number of hydrogen-bond acceptors (Lipinski definition) is 2. The lowest BCUT2D eigenvalue weighted by Crippen LogP contribution is -2.15. The van der Waals surface area contributed by atoms with E-state index in [0.29, 0.717) is 0 Å². The quantitative estimate of drug-likeness (QED) is 0.651. The van der Waals surface area contributed by atoms with E-state index in [0.717, 1.165) is 13.0 Å². The van der Waals surface area contributed by atoms with Gasteiger partial charge in [0.2, 0.25) is 0 Å². The van der Waals surface area contributed by atoms with Crippen LogP contribution in [0.5, 0.6) is 0 Å². The summed E-state index contributed by atoms with van der Waals surface area (Å²) in [7, 11) is 4.15. The lowest BCUT2D eigenvalue weighted by molar-refractivity contribution is 0.383. The number of benzene rings is 1. The van der Waals surface area contributed by atoms with Crippen molar-refractivity contribution in [3.63, 3.8) is 0 Å². The first-order chi connectivity index (χ1) is 6.74. The van der Waals surface area contributed by atoms with E-state index in [1.807, 2.05) is 18.2 Å². The average molecular weight is 190 g/mol. The van der Waals surface area contributed by atoms with Gasteiger partial charge in [0.1, 0.15) is 0 Å². The fourth-order valence-corrected chi connectivity index (χ4v) is 1.42. The Hall–Kier alpha value is -1.15. The highest BCUT2D eigenvalue weighted by Gasteiger charge is 2.07. The van der Waals surface area contributed by atoms with E-state index in [9.17, 15) is 0 Å². The molecule has 0 saturated carbocycles. The minimum absolute atomic E-state index is 0.235. The minimum Gasteiger partial charge on any atom is -0.309 e. The van der Waals surface area contributed by atoms with Crippen LogP contribution in [-0.2, 0) is 0 Å².